The molecule has 0 spiro atoms. The maximum absolute atomic E-state index is 6.08. The van der Waals surface area contributed by atoms with Gasteiger partial charge in [-0.3, -0.25) is 0 Å². The van der Waals surface area contributed by atoms with E-state index in [1.165, 1.54) is 5.56 Å². The fraction of sp³-hybridized carbons (Fsp3) is 0.294. The van der Waals surface area contributed by atoms with Crippen molar-refractivity contribution in [3.05, 3.63) is 58.6 Å². The number of nitrogens with one attached hydrogen (secondary N) is 1. The summed E-state index contributed by atoms with van der Waals surface area (Å²) in [4.78, 5) is 0. The summed E-state index contributed by atoms with van der Waals surface area (Å²) in [7, 11) is 5.26. The number of rotatable bonds is 6. The van der Waals surface area contributed by atoms with E-state index >= 15 is 0 Å². The van der Waals surface area contributed by atoms with E-state index < -0.39 is 0 Å². The first-order valence-corrected chi connectivity index (χ1v) is 7.19. The summed E-state index contributed by atoms with van der Waals surface area (Å²) in [6.07, 6.45) is 0.860. The molecule has 2 aromatic carbocycles. The molecular formula is C17H20ClNO2. The third-order valence-corrected chi connectivity index (χ3v) is 3.81. The maximum Gasteiger partial charge on any atom is 0.137 e. The molecule has 1 atom stereocenters. The standard InChI is InChI=1S/C17H20ClNO2/c1-19-16(10-12-5-4-6-14(9-12)20-2)13-7-8-15(18)17(11-13)21-3/h4-9,11,16,19H,10H2,1-3H3. The molecule has 0 aliphatic heterocycles. The van der Waals surface area contributed by atoms with Crippen LogP contribution in [0, 0.1) is 0 Å². The Hall–Kier alpha value is -1.71. The van der Waals surface area contributed by atoms with Crippen LogP contribution in [0.5, 0.6) is 11.5 Å². The van der Waals surface area contributed by atoms with Crippen molar-refractivity contribution < 1.29 is 9.47 Å². The molecule has 0 heterocycles. The number of benzene rings is 2. The van der Waals surface area contributed by atoms with E-state index in [0.717, 1.165) is 17.7 Å². The van der Waals surface area contributed by atoms with Gasteiger partial charge in [-0.05, 0) is 48.9 Å². The van der Waals surface area contributed by atoms with Crippen molar-refractivity contribution >= 4 is 11.6 Å². The van der Waals surface area contributed by atoms with Gasteiger partial charge < -0.3 is 14.8 Å². The van der Waals surface area contributed by atoms with Crippen LogP contribution in [0.15, 0.2) is 42.5 Å². The van der Waals surface area contributed by atoms with Gasteiger partial charge in [0.1, 0.15) is 11.5 Å². The smallest absolute Gasteiger partial charge is 0.137 e. The molecular weight excluding hydrogens is 286 g/mol. The topological polar surface area (TPSA) is 30.5 Å². The van der Waals surface area contributed by atoms with Crippen LogP contribution in [0.25, 0.3) is 0 Å². The van der Waals surface area contributed by atoms with Crippen LogP contribution in [0.1, 0.15) is 17.2 Å². The van der Waals surface area contributed by atoms with Crippen molar-refractivity contribution in [3.8, 4) is 11.5 Å². The van der Waals surface area contributed by atoms with E-state index in [2.05, 4.69) is 17.4 Å². The van der Waals surface area contributed by atoms with Crippen LogP contribution in [-0.2, 0) is 6.42 Å². The van der Waals surface area contributed by atoms with Crippen molar-refractivity contribution in [2.24, 2.45) is 0 Å². The third-order valence-electron chi connectivity index (χ3n) is 3.50. The number of hydrogen-bond donors (Lipinski definition) is 1. The largest absolute Gasteiger partial charge is 0.497 e. The van der Waals surface area contributed by atoms with E-state index in [1.54, 1.807) is 14.2 Å². The molecule has 4 heteroatoms. The summed E-state index contributed by atoms with van der Waals surface area (Å²) >= 11 is 6.08. The molecule has 2 aromatic rings. The Morgan fingerprint density at radius 3 is 2.57 bits per heavy atom. The lowest BCUT2D eigenvalue weighted by molar-refractivity contribution is 0.412. The molecule has 0 saturated carbocycles. The zero-order valence-electron chi connectivity index (χ0n) is 12.5. The average Bonchev–Trinajstić information content (AvgIpc) is 2.53. The van der Waals surface area contributed by atoms with Gasteiger partial charge in [-0.25, -0.2) is 0 Å². The molecule has 0 amide bonds. The van der Waals surface area contributed by atoms with Crippen LogP contribution >= 0.6 is 11.6 Å². The Balaban J connectivity index is 2.23. The SMILES string of the molecule is CNC(Cc1cccc(OC)c1)c1ccc(Cl)c(OC)c1. The van der Waals surface area contributed by atoms with Gasteiger partial charge in [0, 0.05) is 6.04 Å². The minimum Gasteiger partial charge on any atom is -0.497 e. The lowest BCUT2D eigenvalue weighted by Crippen LogP contribution is -2.18. The quantitative estimate of drug-likeness (QED) is 0.879. The second-order valence-electron chi connectivity index (χ2n) is 4.79. The molecule has 2 rings (SSSR count). The van der Waals surface area contributed by atoms with Crippen molar-refractivity contribution in [2.75, 3.05) is 21.3 Å². The van der Waals surface area contributed by atoms with Gasteiger partial charge in [-0.15, -0.1) is 0 Å². The van der Waals surface area contributed by atoms with Crippen LogP contribution < -0.4 is 14.8 Å². The molecule has 0 radical (unpaired) electrons. The monoisotopic (exact) mass is 305 g/mol. The number of halogens is 1. The van der Waals surface area contributed by atoms with Crippen molar-refractivity contribution in [3.63, 3.8) is 0 Å². The van der Waals surface area contributed by atoms with Gasteiger partial charge in [-0.1, -0.05) is 29.8 Å². The Morgan fingerprint density at radius 2 is 1.90 bits per heavy atom. The normalized spacial score (nSPS) is 12.0. The molecule has 0 aliphatic rings. The third kappa shape index (κ3) is 3.90. The van der Waals surface area contributed by atoms with Gasteiger partial charge in [0.25, 0.3) is 0 Å². The number of ether oxygens (including phenoxy) is 2. The Kier molecular flexibility index (Phi) is 5.48. The Morgan fingerprint density at radius 1 is 1.10 bits per heavy atom. The molecule has 21 heavy (non-hydrogen) atoms. The van der Waals surface area contributed by atoms with E-state index in [1.807, 2.05) is 37.4 Å². The summed E-state index contributed by atoms with van der Waals surface area (Å²) in [5.74, 6) is 1.57. The Bertz CT molecular complexity index is 601. The minimum atomic E-state index is 0.184. The molecule has 1 N–H and O–H groups in total. The van der Waals surface area contributed by atoms with Crippen LogP contribution in [0.2, 0.25) is 5.02 Å². The maximum atomic E-state index is 6.08. The first-order chi connectivity index (χ1) is 10.2. The zero-order chi connectivity index (χ0) is 15.2. The van der Waals surface area contributed by atoms with Gasteiger partial charge >= 0.3 is 0 Å². The highest BCUT2D eigenvalue weighted by molar-refractivity contribution is 6.32. The summed E-state index contributed by atoms with van der Waals surface area (Å²) in [5.41, 5.74) is 2.35. The van der Waals surface area contributed by atoms with E-state index in [0.29, 0.717) is 10.8 Å². The molecule has 3 nitrogen and oxygen atoms in total. The lowest BCUT2D eigenvalue weighted by atomic mass is 9.98. The predicted octanol–water partition coefficient (Wildman–Crippen LogP) is 3.86. The molecule has 0 bridgehead atoms. The number of methoxy groups -OCH3 is 2. The summed E-state index contributed by atoms with van der Waals surface area (Å²) < 4.78 is 10.6. The van der Waals surface area contributed by atoms with Crippen LogP contribution in [0.3, 0.4) is 0 Å². The first-order valence-electron chi connectivity index (χ1n) is 6.81. The first kappa shape index (κ1) is 15.7. The van der Waals surface area contributed by atoms with Crippen molar-refractivity contribution in [2.45, 2.75) is 12.5 Å². The van der Waals surface area contributed by atoms with Crippen LogP contribution in [0.4, 0.5) is 0 Å². The fourth-order valence-electron chi connectivity index (χ4n) is 2.31. The molecule has 0 aliphatic carbocycles. The molecule has 0 saturated heterocycles. The number of hydrogen-bond acceptors (Lipinski definition) is 3. The average molecular weight is 306 g/mol. The highest BCUT2D eigenvalue weighted by Gasteiger charge is 2.13. The highest BCUT2D eigenvalue weighted by atomic mass is 35.5. The summed E-state index contributed by atoms with van der Waals surface area (Å²) in [5, 5.41) is 3.96. The molecule has 112 valence electrons. The predicted molar refractivity (Wildman–Crippen MR) is 86.5 cm³/mol. The summed E-state index contributed by atoms with van der Waals surface area (Å²) in [6, 6.07) is 14.1. The van der Waals surface area contributed by atoms with Gasteiger partial charge in [0.05, 0.1) is 19.2 Å². The van der Waals surface area contributed by atoms with E-state index in [9.17, 15) is 0 Å². The van der Waals surface area contributed by atoms with Gasteiger partial charge in [0.2, 0.25) is 0 Å². The number of likely N-dealkylation sites (N-methyl/N-ethyl adjacent to an activating group) is 1. The van der Waals surface area contributed by atoms with Gasteiger partial charge in [-0.2, -0.15) is 0 Å². The van der Waals surface area contributed by atoms with Crippen molar-refractivity contribution in [1.82, 2.24) is 5.32 Å². The van der Waals surface area contributed by atoms with Crippen LogP contribution in [-0.4, -0.2) is 21.3 Å². The van der Waals surface area contributed by atoms with Gasteiger partial charge in [0.15, 0.2) is 0 Å². The molecule has 1 unspecified atom stereocenters. The zero-order valence-corrected chi connectivity index (χ0v) is 13.3. The molecule has 0 fully saturated rings. The van der Waals surface area contributed by atoms with E-state index in [-0.39, 0.29) is 6.04 Å². The second kappa shape index (κ2) is 7.34. The second-order valence-corrected chi connectivity index (χ2v) is 5.20. The van der Waals surface area contributed by atoms with Crippen molar-refractivity contribution in [1.29, 1.82) is 0 Å². The minimum absolute atomic E-state index is 0.184. The molecule has 0 aromatic heterocycles. The Labute approximate surface area is 130 Å². The summed E-state index contributed by atoms with van der Waals surface area (Å²) in [6.45, 7) is 0. The highest BCUT2D eigenvalue weighted by Crippen LogP contribution is 2.29. The van der Waals surface area contributed by atoms with E-state index in [4.69, 9.17) is 21.1 Å². The fourth-order valence-corrected chi connectivity index (χ4v) is 2.51. The lowest BCUT2D eigenvalue weighted by Gasteiger charge is -2.18.